The minimum atomic E-state index is -0.590. The van der Waals surface area contributed by atoms with E-state index in [0.29, 0.717) is 17.1 Å². The van der Waals surface area contributed by atoms with Gasteiger partial charge >= 0.3 is 0 Å². The van der Waals surface area contributed by atoms with Crippen LogP contribution in [0.1, 0.15) is 18.1 Å². The fourth-order valence-corrected chi connectivity index (χ4v) is 1.95. The highest BCUT2D eigenvalue weighted by Gasteiger charge is 2.15. The summed E-state index contributed by atoms with van der Waals surface area (Å²) in [5, 5.41) is 2.84. The number of hydrogen-bond acceptors (Lipinski definition) is 3. The topological polar surface area (TPSA) is 64.3 Å². The van der Waals surface area contributed by atoms with Gasteiger partial charge in [-0.1, -0.05) is 18.2 Å². The summed E-state index contributed by atoms with van der Waals surface area (Å²) in [6.07, 6.45) is -0.590. The number of amides is 1. The number of nitrogens with one attached hydrogen (secondary N) is 1. The van der Waals surface area contributed by atoms with Crippen LogP contribution in [0.4, 0.5) is 11.4 Å². The van der Waals surface area contributed by atoms with Gasteiger partial charge in [-0.3, -0.25) is 4.79 Å². The van der Waals surface area contributed by atoms with Crippen LogP contribution in [0.5, 0.6) is 5.75 Å². The molecule has 0 aromatic heterocycles. The molecule has 21 heavy (non-hydrogen) atoms. The monoisotopic (exact) mass is 284 g/mol. The SMILES string of the molecule is Cc1cccc(O[C@@H](C)C(=O)Nc2cc(N)ccc2C)c1. The van der Waals surface area contributed by atoms with Crippen molar-refractivity contribution >= 4 is 17.3 Å². The Balaban J connectivity index is 2.04. The molecule has 0 aliphatic rings. The van der Waals surface area contributed by atoms with Crippen molar-refractivity contribution in [3.05, 3.63) is 53.6 Å². The van der Waals surface area contributed by atoms with Crippen LogP contribution < -0.4 is 15.8 Å². The van der Waals surface area contributed by atoms with Gasteiger partial charge in [-0.05, 0) is 56.2 Å². The third kappa shape index (κ3) is 3.99. The van der Waals surface area contributed by atoms with Gasteiger partial charge in [0.15, 0.2) is 6.10 Å². The summed E-state index contributed by atoms with van der Waals surface area (Å²) < 4.78 is 5.66. The zero-order valence-corrected chi connectivity index (χ0v) is 12.5. The molecular formula is C17H20N2O2. The van der Waals surface area contributed by atoms with Crippen LogP contribution in [0, 0.1) is 13.8 Å². The minimum absolute atomic E-state index is 0.204. The molecule has 1 amide bonds. The normalized spacial score (nSPS) is 11.8. The number of nitrogen functional groups attached to an aromatic ring is 1. The molecule has 0 aliphatic heterocycles. The summed E-state index contributed by atoms with van der Waals surface area (Å²) in [6.45, 7) is 5.62. The number of hydrogen-bond donors (Lipinski definition) is 2. The third-order valence-corrected chi connectivity index (χ3v) is 3.19. The second kappa shape index (κ2) is 6.31. The Morgan fingerprint density at radius 1 is 1.19 bits per heavy atom. The second-order valence-electron chi connectivity index (χ2n) is 5.14. The highest BCUT2D eigenvalue weighted by molar-refractivity contribution is 5.95. The molecule has 110 valence electrons. The molecule has 0 saturated carbocycles. The first kappa shape index (κ1) is 14.9. The van der Waals surface area contributed by atoms with Crippen LogP contribution in [0.15, 0.2) is 42.5 Å². The highest BCUT2D eigenvalue weighted by Crippen LogP contribution is 2.19. The lowest BCUT2D eigenvalue weighted by molar-refractivity contribution is -0.122. The van der Waals surface area contributed by atoms with Crippen LogP contribution >= 0.6 is 0 Å². The molecule has 0 saturated heterocycles. The fourth-order valence-electron chi connectivity index (χ4n) is 1.95. The molecule has 0 spiro atoms. The molecule has 4 nitrogen and oxygen atoms in total. The van der Waals surface area contributed by atoms with Gasteiger partial charge in [0.1, 0.15) is 5.75 Å². The molecule has 2 rings (SSSR count). The lowest BCUT2D eigenvalue weighted by atomic mass is 10.1. The highest BCUT2D eigenvalue weighted by atomic mass is 16.5. The van der Waals surface area contributed by atoms with Crippen LogP contribution in [0.25, 0.3) is 0 Å². The van der Waals surface area contributed by atoms with Crippen molar-refractivity contribution in [3.8, 4) is 5.75 Å². The Bertz CT molecular complexity index is 653. The number of benzene rings is 2. The van der Waals surface area contributed by atoms with E-state index in [4.69, 9.17) is 10.5 Å². The Kier molecular flexibility index (Phi) is 4.48. The van der Waals surface area contributed by atoms with Crippen LogP contribution in [0.3, 0.4) is 0 Å². The van der Waals surface area contributed by atoms with Gasteiger partial charge in [0.2, 0.25) is 0 Å². The average Bonchev–Trinajstić information content (AvgIpc) is 2.43. The first-order chi connectivity index (χ1) is 9.95. The van der Waals surface area contributed by atoms with Gasteiger partial charge in [-0.15, -0.1) is 0 Å². The predicted octanol–water partition coefficient (Wildman–Crippen LogP) is 3.29. The van der Waals surface area contributed by atoms with E-state index in [1.165, 1.54) is 0 Å². The van der Waals surface area contributed by atoms with E-state index in [1.54, 1.807) is 19.1 Å². The molecule has 0 heterocycles. The van der Waals surface area contributed by atoms with Crippen molar-refractivity contribution in [1.82, 2.24) is 0 Å². The van der Waals surface area contributed by atoms with Crippen LogP contribution in [-0.4, -0.2) is 12.0 Å². The van der Waals surface area contributed by atoms with Gasteiger partial charge in [0, 0.05) is 11.4 Å². The minimum Gasteiger partial charge on any atom is -0.481 e. The molecule has 0 aliphatic carbocycles. The summed E-state index contributed by atoms with van der Waals surface area (Å²) in [6, 6.07) is 13.0. The zero-order chi connectivity index (χ0) is 15.4. The van der Waals surface area contributed by atoms with Gasteiger partial charge in [-0.25, -0.2) is 0 Å². The summed E-state index contributed by atoms with van der Waals surface area (Å²) >= 11 is 0. The number of rotatable bonds is 4. The van der Waals surface area contributed by atoms with E-state index < -0.39 is 6.10 Å². The van der Waals surface area contributed by atoms with Crippen molar-refractivity contribution in [1.29, 1.82) is 0 Å². The fraction of sp³-hybridized carbons (Fsp3) is 0.235. The summed E-state index contributed by atoms with van der Waals surface area (Å²) in [5.41, 5.74) is 9.11. The quantitative estimate of drug-likeness (QED) is 0.847. The van der Waals surface area contributed by atoms with E-state index in [1.807, 2.05) is 44.2 Å². The maximum absolute atomic E-state index is 12.2. The standard InChI is InChI=1S/C17H20N2O2/c1-11-5-4-6-15(9-11)21-13(3)17(20)19-16-10-14(18)8-7-12(16)2/h4-10,13H,18H2,1-3H3,(H,19,20)/t13-/m0/s1. The van der Waals surface area contributed by atoms with E-state index in [0.717, 1.165) is 11.1 Å². The van der Waals surface area contributed by atoms with Crippen molar-refractivity contribution < 1.29 is 9.53 Å². The molecule has 4 heteroatoms. The zero-order valence-electron chi connectivity index (χ0n) is 12.5. The Labute approximate surface area is 124 Å². The third-order valence-electron chi connectivity index (χ3n) is 3.19. The van der Waals surface area contributed by atoms with Crippen molar-refractivity contribution in [2.75, 3.05) is 11.1 Å². The predicted molar refractivity (Wildman–Crippen MR) is 85.5 cm³/mol. The molecule has 0 fully saturated rings. The lowest BCUT2D eigenvalue weighted by Crippen LogP contribution is -2.30. The maximum Gasteiger partial charge on any atom is 0.265 e. The Morgan fingerprint density at radius 2 is 1.95 bits per heavy atom. The smallest absolute Gasteiger partial charge is 0.265 e. The van der Waals surface area contributed by atoms with Crippen LogP contribution in [0.2, 0.25) is 0 Å². The molecule has 0 bridgehead atoms. The number of ether oxygens (including phenoxy) is 1. The number of nitrogens with two attached hydrogens (primary N) is 1. The first-order valence-electron chi connectivity index (χ1n) is 6.86. The first-order valence-corrected chi connectivity index (χ1v) is 6.86. The van der Waals surface area contributed by atoms with Gasteiger partial charge in [0.05, 0.1) is 0 Å². The summed E-state index contributed by atoms with van der Waals surface area (Å²) in [4.78, 5) is 12.2. The van der Waals surface area contributed by atoms with Crippen molar-refractivity contribution in [2.24, 2.45) is 0 Å². The second-order valence-corrected chi connectivity index (χ2v) is 5.14. The number of carbonyl (C=O) groups is 1. The van der Waals surface area contributed by atoms with E-state index in [9.17, 15) is 4.79 Å². The molecule has 3 N–H and O–H groups in total. The molecular weight excluding hydrogens is 264 g/mol. The Hall–Kier alpha value is -2.49. The largest absolute Gasteiger partial charge is 0.481 e. The van der Waals surface area contributed by atoms with E-state index in [2.05, 4.69) is 5.32 Å². The number of carbonyl (C=O) groups excluding carboxylic acids is 1. The lowest BCUT2D eigenvalue weighted by Gasteiger charge is -2.16. The Morgan fingerprint density at radius 3 is 2.67 bits per heavy atom. The molecule has 2 aromatic carbocycles. The van der Waals surface area contributed by atoms with E-state index >= 15 is 0 Å². The van der Waals surface area contributed by atoms with Gasteiger partial charge in [0.25, 0.3) is 5.91 Å². The van der Waals surface area contributed by atoms with Gasteiger partial charge in [-0.2, -0.15) is 0 Å². The number of aryl methyl sites for hydroxylation is 2. The molecule has 1 atom stereocenters. The van der Waals surface area contributed by atoms with Crippen molar-refractivity contribution in [2.45, 2.75) is 26.9 Å². The van der Waals surface area contributed by atoms with E-state index in [-0.39, 0.29) is 5.91 Å². The summed E-state index contributed by atoms with van der Waals surface area (Å²) in [7, 11) is 0. The summed E-state index contributed by atoms with van der Waals surface area (Å²) in [5.74, 6) is 0.479. The van der Waals surface area contributed by atoms with Crippen LogP contribution in [-0.2, 0) is 4.79 Å². The number of anilines is 2. The molecule has 0 unspecified atom stereocenters. The van der Waals surface area contributed by atoms with Crippen molar-refractivity contribution in [3.63, 3.8) is 0 Å². The van der Waals surface area contributed by atoms with Gasteiger partial charge < -0.3 is 15.8 Å². The molecule has 0 radical (unpaired) electrons. The maximum atomic E-state index is 12.2. The average molecular weight is 284 g/mol. The molecule has 2 aromatic rings.